The first-order valence-corrected chi connectivity index (χ1v) is 9.91. The maximum atomic E-state index is 14.0. The third-order valence-electron chi connectivity index (χ3n) is 3.92. The molecule has 2 amide bonds. The second kappa shape index (κ2) is 8.94. The molecule has 28 heavy (non-hydrogen) atoms. The topological polar surface area (TPSA) is 102 Å². The van der Waals surface area contributed by atoms with Crippen LogP contribution in [-0.2, 0) is 19.1 Å². The Hall–Kier alpha value is -2.78. The highest BCUT2D eigenvalue weighted by Crippen LogP contribution is 2.19. The molecular formula is C19H21FN2O5S. The van der Waals surface area contributed by atoms with E-state index in [1.165, 1.54) is 31.3 Å². The van der Waals surface area contributed by atoms with Crippen LogP contribution in [0.2, 0.25) is 0 Å². The molecule has 0 aliphatic carbocycles. The second-order valence-corrected chi connectivity index (χ2v) is 7.60. The van der Waals surface area contributed by atoms with Crippen LogP contribution in [0.4, 0.5) is 10.1 Å². The van der Waals surface area contributed by atoms with E-state index in [1.54, 1.807) is 19.1 Å². The van der Waals surface area contributed by atoms with E-state index >= 15 is 0 Å². The molecule has 0 heterocycles. The van der Waals surface area contributed by atoms with Crippen molar-refractivity contribution in [2.24, 2.45) is 0 Å². The predicted octanol–water partition coefficient (Wildman–Crippen LogP) is 2.62. The van der Waals surface area contributed by atoms with Crippen molar-refractivity contribution in [1.82, 2.24) is 5.32 Å². The van der Waals surface area contributed by atoms with Crippen LogP contribution in [-0.4, -0.2) is 33.4 Å². The van der Waals surface area contributed by atoms with E-state index in [-0.39, 0.29) is 22.6 Å². The van der Waals surface area contributed by atoms with Crippen molar-refractivity contribution < 1.29 is 26.6 Å². The molecule has 0 aliphatic rings. The number of anilines is 1. The SMILES string of the molecule is CC[C@@H](OS(=O)(=O)c1ccc(C)cc1)C(=O)Nc1ccc(C(=O)NC)c(F)c1. The number of carbonyl (C=O) groups is 2. The van der Waals surface area contributed by atoms with Crippen LogP contribution in [0.3, 0.4) is 0 Å². The molecule has 0 bridgehead atoms. The minimum atomic E-state index is -4.14. The van der Waals surface area contributed by atoms with Crippen LogP contribution in [0.1, 0.15) is 29.3 Å². The third kappa shape index (κ3) is 5.14. The number of rotatable bonds is 7. The summed E-state index contributed by atoms with van der Waals surface area (Å²) in [6.45, 7) is 3.40. The lowest BCUT2D eigenvalue weighted by Crippen LogP contribution is -2.32. The molecule has 2 N–H and O–H groups in total. The van der Waals surface area contributed by atoms with E-state index in [0.717, 1.165) is 11.6 Å². The van der Waals surface area contributed by atoms with Crippen LogP contribution in [0.25, 0.3) is 0 Å². The molecule has 2 aromatic rings. The highest BCUT2D eigenvalue weighted by molar-refractivity contribution is 7.86. The zero-order valence-electron chi connectivity index (χ0n) is 15.7. The van der Waals surface area contributed by atoms with Gasteiger partial charge in [-0.15, -0.1) is 0 Å². The van der Waals surface area contributed by atoms with Gasteiger partial charge < -0.3 is 10.6 Å². The van der Waals surface area contributed by atoms with Crippen LogP contribution in [0.5, 0.6) is 0 Å². The van der Waals surface area contributed by atoms with E-state index in [2.05, 4.69) is 10.6 Å². The van der Waals surface area contributed by atoms with Gasteiger partial charge in [0.05, 0.1) is 10.5 Å². The van der Waals surface area contributed by atoms with E-state index in [1.807, 2.05) is 6.92 Å². The first-order valence-electron chi connectivity index (χ1n) is 8.50. The highest BCUT2D eigenvalue weighted by Gasteiger charge is 2.26. The fraction of sp³-hybridized carbons (Fsp3) is 0.263. The van der Waals surface area contributed by atoms with Gasteiger partial charge in [0, 0.05) is 12.7 Å². The number of aryl methyl sites for hydroxylation is 1. The fourth-order valence-corrected chi connectivity index (χ4v) is 3.45. The Labute approximate surface area is 163 Å². The van der Waals surface area contributed by atoms with Gasteiger partial charge in [0.15, 0.2) is 6.10 Å². The summed E-state index contributed by atoms with van der Waals surface area (Å²) in [5.74, 6) is -2.17. The number of carbonyl (C=O) groups excluding carboxylic acids is 2. The molecule has 0 unspecified atom stereocenters. The molecule has 150 valence electrons. The summed E-state index contributed by atoms with van der Waals surface area (Å²) in [6.07, 6.45) is -1.22. The molecular weight excluding hydrogens is 387 g/mol. The summed E-state index contributed by atoms with van der Waals surface area (Å²) in [4.78, 5) is 23.8. The molecule has 2 aromatic carbocycles. The first-order chi connectivity index (χ1) is 13.2. The van der Waals surface area contributed by atoms with E-state index in [0.29, 0.717) is 0 Å². The minimum absolute atomic E-state index is 0.0645. The standard InChI is InChI=1S/C19H21FN2O5S/c1-4-17(27-28(25,26)14-8-5-12(2)6-9-14)19(24)22-13-7-10-15(16(20)11-13)18(23)21-3/h5-11,17H,4H2,1-3H3,(H,21,23)(H,22,24)/t17-/m1/s1. The van der Waals surface area contributed by atoms with Crippen LogP contribution < -0.4 is 10.6 Å². The van der Waals surface area contributed by atoms with Gasteiger partial charge in [-0.3, -0.25) is 13.8 Å². The zero-order chi connectivity index (χ0) is 20.9. The smallest absolute Gasteiger partial charge is 0.297 e. The van der Waals surface area contributed by atoms with Crippen LogP contribution >= 0.6 is 0 Å². The van der Waals surface area contributed by atoms with Gasteiger partial charge in [-0.1, -0.05) is 24.6 Å². The van der Waals surface area contributed by atoms with Crippen LogP contribution in [0.15, 0.2) is 47.4 Å². The van der Waals surface area contributed by atoms with Crippen molar-refractivity contribution in [3.63, 3.8) is 0 Å². The Morgan fingerprint density at radius 1 is 1.14 bits per heavy atom. The van der Waals surface area contributed by atoms with Gasteiger partial charge >= 0.3 is 0 Å². The number of nitrogens with one attached hydrogen (secondary N) is 2. The average molecular weight is 408 g/mol. The summed E-state index contributed by atoms with van der Waals surface area (Å²) in [5.41, 5.74) is 0.779. The molecule has 0 saturated carbocycles. The summed E-state index contributed by atoms with van der Waals surface area (Å²) in [6, 6.07) is 9.55. The molecule has 0 spiro atoms. The molecule has 0 fully saturated rings. The summed E-state index contributed by atoms with van der Waals surface area (Å²) in [5, 5.41) is 4.70. The summed E-state index contributed by atoms with van der Waals surface area (Å²) in [7, 11) is -2.77. The van der Waals surface area contributed by atoms with Crippen molar-refractivity contribution in [2.45, 2.75) is 31.3 Å². The van der Waals surface area contributed by atoms with E-state index in [4.69, 9.17) is 4.18 Å². The van der Waals surface area contributed by atoms with Crippen molar-refractivity contribution in [1.29, 1.82) is 0 Å². The Morgan fingerprint density at radius 3 is 2.32 bits per heavy atom. The number of hydrogen-bond donors (Lipinski definition) is 2. The largest absolute Gasteiger partial charge is 0.355 e. The van der Waals surface area contributed by atoms with Crippen molar-refractivity contribution in [2.75, 3.05) is 12.4 Å². The Bertz CT molecular complexity index is 974. The number of amides is 2. The Morgan fingerprint density at radius 2 is 1.79 bits per heavy atom. The molecule has 7 nitrogen and oxygen atoms in total. The Kier molecular flexibility index (Phi) is 6.87. The molecule has 0 aliphatic heterocycles. The van der Waals surface area contributed by atoms with Gasteiger partial charge in [0.2, 0.25) is 0 Å². The number of halogens is 1. The lowest BCUT2D eigenvalue weighted by molar-refractivity contribution is -0.122. The Balaban J connectivity index is 2.14. The van der Waals surface area contributed by atoms with Gasteiger partial charge in [-0.2, -0.15) is 8.42 Å². The van der Waals surface area contributed by atoms with Crippen molar-refractivity contribution in [3.8, 4) is 0 Å². The molecule has 2 rings (SSSR count). The predicted molar refractivity (Wildman–Crippen MR) is 102 cm³/mol. The summed E-state index contributed by atoms with van der Waals surface area (Å²) < 4.78 is 43.8. The highest BCUT2D eigenvalue weighted by atomic mass is 32.2. The van der Waals surface area contributed by atoms with Gasteiger partial charge in [0.25, 0.3) is 21.9 Å². The zero-order valence-corrected chi connectivity index (χ0v) is 16.5. The van der Waals surface area contributed by atoms with Gasteiger partial charge in [-0.25, -0.2) is 4.39 Å². The monoisotopic (exact) mass is 408 g/mol. The molecule has 0 aromatic heterocycles. The molecule has 0 radical (unpaired) electrons. The van der Waals surface area contributed by atoms with E-state index in [9.17, 15) is 22.4 Å². The van der Waals surface area contributed by atoms with Gasteiger partial charge in [-0.05, 0) is 43.7 Å². The number of benzene rings is 2. The average Bonchev–Trinajstić information content (AvgIpc) is 2.66. The summed E-state index contributed by atoms with van der Waals surface area (Å²) >= 11 is 0. The van der Waals surface area contributed by atoms with Crippen molar-refractivity contribution >= 4 is 27.6 Å². The van der Waals surface area contributed by atoms with E-state index < -0.39 is 33.9 Å². The first kappa shape index (κ1) is 21.5. The lowest BCUT2D eigenvalue weighted by atomic mass is 10.1. The third-order valence-corrected chi connectivity index (χ3v) is 5.26. The molecule has 0 saturated heterocycles. The molecule has 9 heteroatoms. The normalized spacial score (nSPS) is 12.3. The molecule has 1 atom stereocenters. The minimum Gasteiger partial charge on any atom is -0.355 e. The fourth-order valence-electron chi connectivity index (χ4n) is 2.34. The maximum absolute atomic E-state index is 14.0. The van der Waals surface area contributed by atoms with Crippen molar-refractivity contribution in [3.05, 3.63) is 59.4 Å². The quantitative estimate of drug-likeness (QED) is 0.686. The van der Waals surface area contributed by atoms with Crippen LogP contribution in [0, 0.1) is 12.7 Å². The number of hydrogen-bond acceptors (Lipinski definition) is 5. The maximum Gasteiger partial charge on any atom is 0.297 e. The lowest BCUT2D eigenvalue weighted by Gasteiger charge is -2.16. The van der Waals surface area contributed by atoms with Gasteiger partial charge in [0.1, 0.15) is 5.82 Å². The second-order valence-electron chi connectivity index (χ2n) is 6.02.